The van der Waals surface area contributed by atoms with Crippen LogP contribution >= 0.6 is 0 Å². The molecule has 1 aliphatic heterocycles. The van der Waals surface area contributed by atoms with E-state index in [4.69, 9.17) is 0 Å². The van der Waals surface area contributed by atoms with Crippen molar-refractivity contribution >= 4 is 17.3 Å². The number of anilines is 2. The molecule has 2 aromatic carbocycles. The van der Waals surface area contributed by atoms with E-state index in [2.05, 4.69) is 25.2 Å². The van der Waals surface area contributed by atoms with E-state index >= 15 is 0 Å². The van der Waals surface area contributed by atoms with Gasteiger partial charge in [0.1, 0.15) is 5.82 Å². The molecule has 4 heteroatoms. The molecule has 1 aliphatic rings. The van der Waals surface area contributed by atoms with Gasteiger partial charge in [0.15, 0.2) is 0 Å². The first-order valence-electron chi connectivity index (χ1n) is 8.37. The zero-order valence-corrected chi connectivity index (χ0v) is 14.6. The number of halogens is 1. The van der Waals surface area contributed by atoms with Crippen molar-refractivity contribution in [3.63, 3.8) is 0 Å². The van der Waals surface area contributed by atoms with Crippen LogP contribution in [0, 0.1) is 26.6 Å². The Morgan fingerprint density at radius 1 is 1.25 bits per heavy atom. The highest BCUT2D eigenvalue weighted by atomic mass is 19.1. The molecule has 0 fully saturated rings. The van der Waals surface area contributed by atoms with Gasteiger partial charge in [-0.25, -0.2) is 4.39 Å². The van der Waals surface area contributed by atoms with Crippen LogP contribution in [0.2, 0.25) is 0 Å². The van der Waals surface area contributed by atoms with Crippen LogP contribution in [0.3, 0.4) is 0 Å². The number of carbonyl (C=O) groups is 1. The first-order chi connectivity index (χ1) is 11.4. The van der Waals surface area contributed by atoms with Gasteiger partial charge >= 0.3 is 0 Å². The summed E-state index contributed by atoms with van der Waals surface area (Å²) in [5.41, 5.74) is 5.00. The molecule has 0 saturated carbocycles. The minimum Gasteiger partial charge on any atom is -0.379 e. The topological polar surface area (TPSA) is 32.3 Å². The Balaban J connectivity index is 2.09. The minimum absolute atomic E-state index is 0.142. The van der Waals surface area contributed by atoms with E-state index in [9.17, 15) is 9.18 Å². The van der Waals surface area contributed by atoms with Crippen molar-refractivity contribution in [1.82, 2.24) is 0 Å². The Bertz CT molecular complexity index is 800. The van der Waals surface area contributed by atoms with E-state index in [0.29, 0.717) is 17.7 Å². The molecule has 2 aromatic rings. The quantitative estimate of drug-likeness (QED) is 0.874. The fourth-order valence-electron chi connectivity index (χ4n) is 3.13. The van der Waals surface area contributed by atoms with Crippen molar-refractivity contribution in [3.8, 4) is 0 Å². The van der Waals surface area contributed by atoms with Gasteiger partial charge in [-0.15, -0.1) is 0 Å². The standard InChI is InChI=1S/C20H23FN2O/c1-5-15-11-23(19-10-13(3)12(2)9-18(19)22-15)20(24)16-7-6-8-17(21)14(16)4/h6-10,15,22H,5,11H2,1-4H3. The van der Waals surface area contributed by atoms with Crippen molar-refractivity contribution < 1.29 is 9.18 Å². The van der Waals surface area contributed by atoms with Gasteiger partial charge in [0, 0.05) is 18.2 Å². The Morgan fingerprint density at radius 3 is 2.67 bits per heavy atom. The number of hydrogen-bond donors (Lipinski definition) is 1. The second kappa shape index (κ2) is 6.27. The predicted molar refractivity (Wildman–Crippen MR) is 96.4 cm³/mol. The third-order valence-corrected chi connectivity index (χ3v) is 4.90. The van der Waals surface area contributed by atoms with Gasteiger partial charge in [0.2, 0.25) is 0 Å². The Kier molecular flexibility index (Phi) is 4.31. The van der Waals surface area contributed by atoms with Gasteiger partial charge in [-0.2, -0.15) is 0 Å². The molecular weight excluding hydrogens is 303 g/mol. The molecular formula is C20H23FN2O. The second-order valence-electron chi connectivity index (χ2n) is 6.53. The lowest BCUT2D eigenvalue weighted by Crippen LogP contribution is -2.44. The largest absolute Gasteiger partial charge is 0.379 e. The van der Waals surface area contributed by atoms with Gasteiger partial charge in [-0.1, -0.05) is 13.0 Å². The van der Waals surface area contributed by atoms with Gasteiger partial charge in [0.25, 0.3) is 5.91 Å². The van der Waals surface area contributed by atoms with Crippen molar-refractivity contribution in [1.29, 1.82) is 0 Å². The second-order valence-corrected chi connectivity index (χ2v) is 6.53. The van der Waals surface area contributed by atoms with E-state index in [1.165, 1.54) is 11.6 Å². The van der Waals surface area contributed by atoms with Crippen molar-refractivity contribution in [2.75, 3.05) is 16.8 Å². The summed E-state index contributed by atoms with van der Waals surface area (Å²) in [5, 5.41) is 3.51. The van der Waals surface area contributed by atoms with Gasteiger partial charge < -0.3 is 10.2 Å². The van der Waals surface area contributed by atoms with Crippen LogP contribution in [0.4, 0.5) is 15.8 Å². The van der Waals surface area contributed by atoms with Crippen LogP contribution in [0.15, 0.2) is 30.3 Å². The fourth-order valence-corrected chi connectivity index (χ4v) is 3.13. The summed E-state index contributed by atoms with van der Waals surface area (Å²) >= 11 is 0. The van der Waals surface area contributed by atoms with Crippen molar-refractivity contribution in [2.45, 2.75) is 40.2 Å². The van der Waals surface area contributed by atoms with Crippen molar-refractivity contribution in [3.05, 3.63) is 58.4 Å². The number of benzene rings is 2. The normalized spacial score (nSPS) is 16.5. The number of carbonyl (C=O) groups excluding carboxylic acids is 1. The number of amides is 1. The highest BCUT2D eigenvalue weighted by molar-refractivity contribution is 6.09. The minimum atomic E-state index is -0.344. The number of fused-ring (bicyclic) bond motifs is 1. The van der Waals surface area contributed by atoms with Crippen LogP contribution in [0.25, 0.3) is 0 Å². The molecule has 0 aliphatic carbocycles. The number of hydrogen-bond acceptors (Lipinski definition) is 2. The number of aryl methyl sites for hydroxylation is 2. The van der Waals surface area contributed by atoms with Crippen molar-refractivity contribution in [2.24, 2.45) is 0 Å². The van der Waals surface area contributed by atoms with E-state index in [1.807, 2.05) is 13.0 Å². The maximum atomic E-state index is 13.9. The van der Waals surface area contributed by atoms with Crippen LogP contribution in [0.1, 0.15) is 40.4 Å². The molecule has 3 rings (SSSR count). The number of nitrogens with zero attached hydrogens (tertiary/aromatic N) is 1. The highest BCUT2D eigenvalue weighted by Crippen LogP contribution is 2.35. The Labute approximate surface area is 142 Å². The zero-order chi connectivity index (χ0) is 17.4. The number of rotatable bonds is 2. The summed E-state index contributed by atoms with van der Waals surface area (Å²) in [7, 11) is 0. The monoisotopic (exact) mass is 326 g/mol. The zero-order valence-electron chi connectivity index (χ0n) is 14.6. The molecule has 0 spiro atoms. The summed E-state index contributed by atoms with van der Waals surface area (Å²) in [6.45, 7) is 8.44. The Morgan fingerprint density at radius 2 is 1.96 bits per heavy atom. The highest BCUT2D eigenvalue weighted by Gasteiger charge is 2.29. The predicted octanol–water partition coefficient (Wildman–Crippen LogP) is 4.60. The molecule has 0 saturated heterocycles. The first kappa shape index (κ1) is 16.5. The third kappa shape index (κ3) is 2.77. The molecule has 24 heavy (non-hydrogen) atoms. The molecule has 3 nitrogen and oxygen atoms in total. The van der Waals surface area contributed by atoms with E-state index in [0.717, 1.165) is 23.4 Å². The molecule has 0 bridgehead atoms. The SMILES string of the molecule is CCC1CN(C(=O)c2cccc(F)c2C)c2cc(C)c(C)cc2N1. The molecule has 1 N–H and O–H groups in total. The fraction of sp³-hybridized carbons (Fsp3) is 0.350. The first-order valence-corrected chi connectivity index (χ1v) is 8.37. The van der Waals surface area contributed by atoms with E-state index in [-0.39, 0.29) is 17.8 Å². The molecule has 1 amide bonds. The van der Waals surface area contributed by atoms with E-state index < -0.39 is 0 Å². The average Bonchev–Trinajstić information content (AvgIpc) is 2.57. The lowest BCUT2D eigenvalue weighted by Gasteiger charge is -2.36. The van der Waals surface area contributed by atoms with Gasteiger partial charge in [-0.3, -0.25) is 4.79 Å². The summed E-state index contributed by atoms with van der Waals surface area (Å²) in [5.74, 6) is -0.486. The smallest absolute Gasteiger partial charge is 0.258 e. The van der Waals surface area contributed by atoms with Crippen LogP contribution < -0.4 is 10.2 Å². The lowest BCUT2D eigenvalue weighted by molar-refractivity contribution is 0.0983. The van der Waals surface area contributed by atoms with Crippen LogP contribution in [0.5, 0.6) is 0 Å². The van der Waals surface area contributed by atoms with Crippen LogP contribution in [-0.2, 0) is 0 Å². The Hall–Kier alpha value is -2.36. The average molecular weight is 326 g/mol. The summed E-state index contributed by atoms with van der Waals surface area (Å²) in [4.78, 5) is 14.9. The van der Waals surface area contributed by atoms with Gasteiger partial charge in [0.05, 0.1) is 11.4 Å². The maximum absolute atomic E-state index is 13.9. The molecule has 0 aromatic heterocycles. The lowest BCUT2D eigenvalue weighted by atomic mass is 10.0. The molecule has 1 atom stereocenters. The van der Waals surface area contributed by atoms with Gasteiger partial charge in [-0.05, 0) is 68.1 Å². The molecule has 1 unspecified atom stereocenters. The summed E-state index contributed by atoms with van der Waals surface area (Å²) < 4.78 is 13.9. The molecule has 1 heterocycles. The molecule has 126 valence electrons. The maximum Gasteiger partial charge on any atom is 0.258 e. The molecule has 0 radical (unpaired) electrons. The van der Waals surface area contributed by atoms with Crippen LogP contribution in [-0.4, -0.2) is 18.5 Å². The summed E-state index contributed by atoms with van der Waals surface area (Å²) in [6, 6.07) is 9.00. The third-order valence-electron chi connectivity index (χ3n) is 4.90. The summed E-state index contributed by atoms with van der Waals surface area (Å²) in [6.07, 6.45) is 0.915. The number of nitrogens with one attached hydrogen (secondary N) is 1. The van der Waals surface area contributed by atoms with E-state index in [1.54, 1.807) is 24.0 Å².